The lowest BCUT2D eigenvalue weighted by atomic mass is 9.77. The van der Waals surface area contributed by atoms with Gasteiger partial charge in [0.2, 0.25) is 5.91 Å². The van der Waals surface area contributed by atoms with Crippen molar-refractivity contribution < 1.29 is 9.90 Å². The highest BCUT2D eigenvalue weighted by molar-refractivity contribution is 7.16. The highest BCUT2D eigenvalue weighted by atomic mass is 35.5. The standard InChI is InChI=1S/C15H21ClN2O2S/c1-9(19)17-13-4-10-6-18(7-11(10)5-14(13)20)8-12-2-3-15(16)21-12/h2-3,10-11,13-14,20H,4-8H2,1H3,(H,17,19)/t10-,11+,13-,14-/m1/s1. The van der Waals surface area contributed by atoms with Crippen LogP contribution in [0, 0.1) is 11.8 Å². The third-order valence-corrected chi connectivity index (χ3v) is 5.83. The van der Waals surface area contributed by atoms with Crippen molar-refractivity contribution in [3.05, 3.63) is 21.3 Å². The summed E-state index contributed by atoms with van der Waals surface area (Å²) in [6.45, 7) is 4.53. The van der Waals surface area contributed by atoms with E-state index in [9.17, 15) is 9.90 Å². The van der Waals surface area contributed by atoms with Crippen LogP contribution in [0.5, 0.6) is 0 Å². The zero-order valence-electron chi connectivity index (χ0n) is 12.1. The van der Waals surface area contributed by atoms with E-state index in [0.717, 1.165) is 36.8 Å². The molecule has 1 saturated heterocycles. The van der Waals surface area contributed by atoms with Crippen molar-refractivity contribution in [1.29, 1.82) is 0 Å². The first-order valence-corrected chi connectivity index (χ1v) is 8.62. The normalized spacial score (nSPS) is 32.9. The minimum atomic E-state index is -0.411. The minimum absolute atomic E-state index is 0.0550. The average molecular weight is 329 g/mol. The van der Waals surface area contributed by atoms with E-state index >= 15 is 0 Å². The number of halogens is 1. The van der Waals surface area contributed by atoms with E-state index in [1.807, 2.05) is 6.07 Å². The molecule has 6 heteroatoms. The monoisotopic (exact) mass is 328 g/mol. The van der Waals surface area contributed by atoms with Gasteiger partial charge in [-0.3, -0.25) is 9.69 Å². The second-order valence-corrected chi connectivity index (χ2v) is 8.07. The smallest absolute Gasteiger partial charge is 0.217 e. The molecular formula is C15H21ClN2O2S. The van der Waals surface area contributed by atoms with Crippen LogP contribution in [0.1, 0.15) is 24.6 Å². The van der Waals surface area contributed by atoms with Gasteiger partial charge >= 0.3 is 0 Å². The largest absolute Gasteiger partial charge is 0.391 e. The van der Waals surface area contributed by atoms with Crippen molar-refractivity contribution in [2.75, 3.05) is 13.1 Å². The molecule has 0 unspecified atom stereocenters. The molecule has 1 aromatic rings. The molecule has 2 aliphatic rings. The number of nitrogens with zero attached hydrogens (tertiary/aromatic N) is 1. The fourth-order valence-corrected chi connectivity index (χ4v) is 4.86. The van der Waals surface area contributed by atoms with Crippen LogP contribution in [0.25, 0.3) is 0 Å². The van der Waals surface area contributed by atoms with Crippen molar-refractivity contribution in [3.63, 3.8) is 0 Å². The predicted molar refractivity (Wildman–Crippen MR) is 84.4 cm³/mol. The van der Waals surface area contributed by atoms with Crippen molar-refractivity contribution in [1.82, 2.24) is 10.2 Å². The SMILES string of the molecule is CC(=O)N[C@@H]1C[C@@H]2CN(Cc3ccc(Cl)s3)C[C@@H]2C[C@H]1O. The Kier molecular flexibility index (Phi) is 4.54. The number of thiophene rings is 1. The number of aliphatic hydroxyl groups is 1. The Labute approximate surface area is 134 Å². The predicted octanol–water partition coefficient (Wildman–Crippen LogP) is 2.11. The summed E-state index contributed by atoms with van der Waals surface area (Å²) in [5, 5.41) is 13.1. The van der Waals surface area contributed by atoms with Gasteiger partial charge < -0.3 is 10.4 Å². The zero-order valence-corrected chi connectivity index (χ0v) is 13.7. The summed E-state index contributed by atoms with van der Waals surface area (Å²) in [7, 11) is 0. The maximum atomic E-state index is 11.2. The van der Waals surface area contributed by atoms with Crippen molar-refractivity contribution in [3.8, 4) is 0 Å². The Morgan fingerprint density at radius 3 is 2.76 bits per heavy atom. The Morgan fingerprint density at radius 2 is 2.14 bits per heavy atom. The number of amides is 1. The number of carbonyl (C=O) groups is 1. The van der Waals surface area contributed by atoms with E-state index in [1.165, 1.54) is 11.8 Å². The first kappa shape index (κ1) is 15.3. The van der Waals surface area contributed by atoms with Gasteiger partial charge in [0, 0.05) is 31.4 Å². The number of fused-ring (bicyclic) bond motifs is 1. The molecule has 1 amide bonds. The first-order valence-electron chi connectivity index (χ1n) is 7.43. The molecule has 0 bridgehead atoms. The third kappa shape index (κ3) is 3.59. The molecule has 4 atom stereocenters. The van der Waals surface area contributed by atoms with Crippen molar-refractivity contribution in [2.24, 2.45) is 11.8 Å². The van der Waals surface area contributed by atoms with Crippen LogP contribution in [0.3, 0.4) is 0 Å². The Morgan fingerprint density at radius 1 is 1.43 bits per heavy atom. The average Bonchev–Trinajstić information content (AvgIpc) is 2.95. The lowest BCUT2D eigenvalue weighted by molar-refractivity contribution is -0.121. The fraction of sp³-hybridized carbons (Fsp3) is 0.667. The number of hydrogen-bond acceptors (Lipinski definition) is 4. The van der Waals surface area contributed by atoms with Crippen LogP contribution in [0.4, 0.5) is 0 Å². The molecule has 0 aromatic carbocycles. The van der Waals surface area contributed by atoms with Crippen LogP contribution < -0.4 is 5.32 Å². The number of likely N-dealkylation sites (tertiary alicyclic amines) is 1. The van der Waals surface area contributed by atoms with E-state index in [0.29, 0.717) is 11.8 Å². The summed E-state index contributed by atoms with van der Waals surface area (Å²) < 4.78 is 0.836. The molecule has 21 heavy (non-hydrogen) atoms. The molecule has 0 spiro atoms. The van der Waals surface area contributed by atoms with E-state index in [1.54, 1.807) is 11.3 Å². The summed E-state index contributed by atoms with van der Waals surface area (Å²) >= 11 is 7.62. The van der Waals surface area contributed by atoms with Crippen LogP contribution in [-0.2, 0) is 11.3 Å². The van der Waals surface area contributed by atoms with Gasteiger partial charge in [-0.2, -0.15) is 0 Å². The maximum absolute atomic E-state index is 11.2. The van der Waals surface area contributed by atoms with Crippen molar-refractivity contribution in [2.45, 2.75) is 38.5 Å². The minimum Gasteiger partial charge on any atom is -0.391 e. The summed E-state index contributed by atoms with van der Waals surface area (Å²) in [4.78, 5) is 14.9. The second-order valence-electron chi connectivity index (χ2n) is 6.27. The van der Waals surface area contributed by atoms with Gasteiger partial charge in [-0.25, -0.2) is 0 Å². The Hall–Kier alpha value is -0.620. The molecule has 1 saturated carbocycles. The highest BCUT2D eigenvalue weighted by Crippen LogP contribution is 2.37. The lowest BCUT2D eigenvalue weighted by Gasteiger charge is -2.35. The summed E-state index contributed by atoms with van der Waals surface area (Å²) in [6, 6.07) is 3.95. The van der Waals surface area contributed by atoms with E-state index in [-0.39, 0.29) is 11.9 Å². The summed E-state index contributed by atoms with van der Waals surface area (Å²) in [5.74, 6) is 1.06. The third-order valence-electron chi connectivity index (χ3n) is 4.61. The van der Waals surface area contributed by atoms with E-state index < -0.39 is 6.10 Å². The van der Waals surface area contributed by atoms with Gasteiger partial charge in [0.15, 0.2) is 0 Å². The maximum Gasteiger partial charge on any atom is 0.217 e. The number of nitrogens with one attached hydrogen (secondary N) is 1. The van der Waals surface area contributed by atoms with Crippen molar-refractivity contribution >= 4 is 28.8 Å². The van der Waals surface area contributed by atoms with E-state index in [2.05, 4.69) is 16.3 Å². The molecular weight excluding hydrogens is 308 g/mol. The van der Waals surface area contributed by atoms with Gasteiger partial charge in [-0.15, -0.1) is 11.3 Å². The second kappa shape index (κ2) is 6.24. The van der Waals surface area contributed by atoms with Crippen LogP contribution in [0.15, 0.2) is 12.1 Å². The van der Waals surface area contributed by atoms with Crippen LogP contribution >= 0.6 is 22.9 Å². The molecule has 4 nitrogen and oxygen atoms in total. The van der Waals surface area contributed by atoms with Gasteiger partial charge in [0.25, 0.3) is 0 Å². The summed E-state index contributed by atoms with van der Waals surface area (Å²) in [5.41, 5.74) is 0. The number of carbonyl (C=O) groups excluding carboxylic acids is 1. The lowest BCUT2D eigenvalue weighted by Crippen LogP contribution is -2.48. The number of hydrogen-bond donors (Lipinski definition) is 2. The Bertz CT molecular complexity index is 522. The van der Waals surface area contributed by atoms with Crippen LogP contribution in [0.2, 0.25) is 4.34 Å². The molecule has 1 aliphatic carbocycles. The number of aliphatic hydroxyl groups excluding tert-OH is 1. The van der Waals surface area contributed by atoms with Crippen LogP contribution in [-0.4, -0.2) is 41.1 Å². The quantitative estimate of drug-likeness (QED) is 0.893. The van der Waals surface area contributed by atoms with Gasteiger partial charge in [-0.05, 0) is 36.8 Å². The van der Waals surface area contributed by atoms with Gasteiger partial charge in [0.05, 0.1) is 16.5 Å². The fourth-order valence-electron chi connectivity index (χ4n) is 3.73. The molecule has 2 heterocycles. The first-order chi connectivity index (χ1) is 10.0. The molecule has 116 valence electrons. The van der Waals surface area contributed by atoms with Gasteiger partial charge in [0.1, 0.15) is 0 Å². The summed E-state index contributed by atoms with van der Waals surface area (Å²) in [6.07, 6.45) is 1.26. The molecule has 2 N–H and O–H groups in total. The highest BCUT2D eigenvalue weighted by Gasteiger charge is 2.41. The number of rotatable bonds is 3. The molecule has 1 aromatic heterocycles. The topological polar surface area (TPSA) is 52.6 Å². The Balaban J connectivity index is 1.59. The van der Waals surface area contributed by atoms with Gasteiger partial charge in [-0.1, -0.05) is 11.6 Å². The molecule has 2 fully saturated rings. The van der Waals surface area contributed by atoms with E-state index in [4.69, 9.17) is 11.6 Å². The molecule has 1 aliphatic heterocycles. The molecule has 0 radical (unpaired) electrons. The zero-order chi connectivity index (χ0) is 15.0. The molecule has 3 rings (SSSR count).